The lowest BCUT2D eigenvalue weighted by Crippen LogP contribution is -2.46. The second kappa shape index (κ2) is 4.53. The van der Waals surface area contributed by atoms with Gasteiger partial charge in [-0.05, 0) is 19.4 Å². The SMILES string of the molecule is CC1CNCCN(C(C)C(C)(F)F)C1. The van der Waals surface area contributed by atoms with Crippen molar-refractivity contribution >= 4 is 0 Å². The van der Waals surface area contributed by atoms with Gasteiger partial charge in [-0.25, -0.2) is 8.78 Å². The Morgan fingerprint density at radius 3 is 2.71 bits per heavy atom. The molecule has 0 aliphatic carbocycles. The van der Waals surface area contributed by atoms with E-state index < -0.39 is 12.0 Å². The molecular weight excluding hydrogens is 186 g/mol. The van der Waals surface area contributed by atoms with Crippen molar-refractivity contribution in [3.8, 4) is 0 Å². The first kappa shape index (κ1) is 11.9. The van der Waals surface area contributed by atoms with Gasteiger partial charge in [0.15, 0.2) is 0 Å². The van der Waals surface area contributed by atoms with Crippen molar-refractivity contribution in [1.29, 1.82) is 0 Å². The largest absolute Gasteiger partial charge is 0.315 e. The lowest BCUT2D eigenvalue weighted by Gasteiger charge is -2.32. The second-order valence-electron chi connectivity index (χ2n) is 4.44. The minimum atomic E-state index is -2.61. The van der Waals surface area contributed by atoms with Gasteiger partial charge in [-0.15, -0.1) is 0 Å². The summed E-state index contributed by atoms with van der Waals surface area (Å²) in [6, 6.07) is -0.662. The highest BCUT2D eigenvalue weighted by Crippen LogP contribution is 2.23. The maximum Gasteiger partial charge on any atom is 0.260 e. The smallest absolute Gasteiger partial charge is 0.260 e. The third-order valence-corrected chi connectivity index (χ3v) is 2.90. The Morgan fingerprint density at radius 1 is 1.50 bits per heavy atom. The van der Waals surface area contributed by atoms with Crippen molar-refractivity contribution in [2.45, 2.75) is 32.7 Å². The molecule has 1 aliphatic heterocycles. The quantitative estimate of drug-likeness (QED) is 0.738. The number of nitrogens with one attached hydrogen (secondary N) is 1. The highest BCUT2D eigenvalue weighted by atomic mass is 19.3. The van der Waals surface area contributed by atoms with Crippen molar-refractivity contribution in [3.63, 3.8) is 0 Å². The van der Waals surface area contributed by atoms with Gasteiger partial charge in [0, 0.05) is 26.6 Å². The summed E-state index contributed by atoms with van der Waals surface area (Å²) in [6.07, 6.45) is 0. The van der Waals surface area contributed by atoms with Gasteiger partial charge in [-0.2, -0.15) is 0 Å². The molecule has 1 rings (SSSR count). The highest BCUT2D eigenvalue weighted by molar-refractivity contribution is 4.82. The second-order valence-corrected chi connectivity index (χ2v) is 4.44. The average molecular weight is 206 g/mol. The fourth-order valence-electron chi connectivity index (χ4n) is 1.80. The molecule has 0 aromatic rings. The van der Waals surface area contributed by atoms with E-state index >= 15 is 0 Å². The maximum absolute atomic E-state index is 13.1. The van der Waals surface area contributed by atoms with Gasteiger partial charge in [0.1, 0.15) is 0 Å². The molecule has 1 fully saturated rings. The van der Waals surface area contributed by atoms with Gasteiger partial charge in [0.2, 0.25) is 0 Å². The molecule has 2 nitrogen and oxygen atoms in total. The van der Waals surface area contributed by atoms with Crippen LogP contribution in [0, 0.1) is 5.92 Å². The third kappa shape index (κ3) is 3.17. The fraction of sp³-hybridized carbons (Fsp3) is 1.00. The molecule has 14 heavy (non-hydrogen) atoms. The molecule has 0 bridgehead atoms. The Kier molecular flexibility index (Phi) is 3.84. The molecule has 84 valence electrons. The van der Waals surface area contributed by atoms with Crippen LogP contribution in [-0.4, -0.2) is 43.0 Å². The van der Waals surface area contributed by atoms with E-state index in [1.807, 2.05) is 4.90 Å². The molecule has 0 spiro atoms. The molecule has 2 unspecified atom stereocenters. The zero-order valence-corrected chi connectivity index (χ0v) is 9.19. The van der Waals surface area contributed by atoms with Gasteiger partial charge in [0.05, 0.1) is 6.04 Å². The summed E-state index contributed by atoms with van der Waals surface area (Å²) in [6.45, 7) is 7.92. The Hall–Kier alpha value is -0.220. The summed E-state index contributed by atoms with van der Waals surface area (Å²) in [5, 5.41) is 3.25. The first-order chi connectivity index (χ1) is 6.41. The van der Waals surface area contributed by atoms with Crippen LogP contribution in [0.3, 0.4) is 0 Å². The van der Waals surface area contributed by atoms with E-state index in [2.05, 4.69) is 12.2 Å². The van der Waals surface area contributed by atoms with Crippen LogP contribution in [0.15, 0.2) is 0 Å². The van der Waals surface area contributed by atoms with E-state index in [1.54, 1.807) is 6.92 Å². The first-order valence-corrected chi connectivity index (χ1v) is 5.24. The van der Waals surface area contributed by atoms with Crippen molar-refractivity contribution in [1.82, 2.24) is 10.2 Å². The molecular formula is C10H20F2N2. The number of nitrogens with zero attached hydrogens (tertiary/aromatic N) is 1. The van der Waals surface area contributed by atoms with Crippen LogP contribution in [0.5, 0.6) is 0 Å². The van der Waals surface area contributed by atoms with E-state index in [4.69, 9.17) is 0 Å². The Balaban J connectivity index is 2.57. The summed E-state index contributed by atoms with van der Waals surface area (Å²) >= 11 is 0. The van der Waals surface area contributed by atoms with Gasteiger partial charge in [0.25, 0.3) is 5.92 Å². The number of rotatable bonds is 2. The summed E-state index contributed by atoms with van der Waals surface area (Å²) in [4.78, 5) is 1.88. The van der Waals surface area contributed by atoms with E-state index in [1.165, 1.54) is 0 Å². The molecule has 1 heterocycles. The molecule has 4 heteroatoms. The van der Waals surface area contributed by atoms with E-state index in [0.29, 0.717) is 5.92 Å². The Morgan fingerprint density at radius 2 is 2.14 bits per heavy atom. The molecule has 1 saturated heterocycles. The van der Waals surface area contributed by atoms with Crippen LogP contribution < -0.4 is 5.32 Å². The highest BCUT2D eigenvalue weighted by Gasteiger charge is 2.35. The molecule has 2 atom stereocenters. The van der Waals surface area contributed by atoms with Crippen molar-refractivity contribution < 1.29 is 8.78 Å². The van der Waals surface area contributed by atoms with Crippen LogP contribution >= 0.6 is 0 Å². The molecule has 1 aliphatic rings. The van der Waals surface area contributed by atoms with Gasteiger partial charge >= 0.3 is 0 Å². The van der Waals surface area contributed by atoms with E-state index in [0.717, 1.165) is 33.1 Å². The molecule has 0 radical (unpaired) electrons. The van der Waals surface area contributed by atoms with Crippen molar-refractivity contribution in [2.24, 2.45) is 5.92 Å². The van der Waals surface area contributed by atoms with Gasteiger partial charge in [-0.1, -0.05) is 6.92 Å². The maximum atomic E-state index is 13.1. The molecule has 0 aromatic carbocycles. The van der Waals surface area contributed by atoms with Crippen LogP contribution in [0.25, 0.3) is 0 Å². The van der Waals surface area contributed by atoms with Gasteiger partial charge in [-0.3, -0.25) is 4.90 Å². The average Bonchev–Trinajstić information content (AvgIpc) is 2.26. The van der Waals surface area contributed by atoms with Crippen LogP contribution in [0.1, 0.15) is 20.8 Å². The third-order valence-electron chi connectivity index (χ3n) is 2.90. The minimum absolute atomic E-state index is 0.447. The standard InChI is InChI=1S/C10H20F2N2/c1-8-6-13-4-5-14(7-8)9(2)10(3,11)12/h8-9,13H,4-7H2,1-3H3. The normalized spacial score (nSPS) is 28.5. The molecule has 0 saturated carbocycles. The number of hydrogen-bond acceptors (Lipinski definition) is 2. The summed E-state index contributed by atoms with van der Waals surface area (Å²) in [7, 11) is 0. The molecule has 1 N–H and O–H groups in total. The summed E-state index contributed by atoms with van der Waals surface area (Å²) < 4.78 is 26.2. The zero-order chi connectivity index (χ0) is 10.8. The molecule has 0 amide bonds. The van der Waals surface area contributed by atoms with Gasteiger partial charge < -0.3 is 5.32 Å². The van der Waals surface area contributed by atoms with Crippen LogP contribution in [0.2, 0.25) is 0 Å². The predicted molar refractivity (Wildman–Crippen MR) is 53.7 cm³/mol. The zero-order valence-electron chi connectivity index (χ0n) is 9.19. The number of halogens is 2. The number of alkyl halides is 2. The topological polar surface area (TPSA) is 15.3 Å². The Labute approximate surface area is 84.7 Å². The van der Waals surface area contributed by atoms with Crippen LogP contribution in [-0.2, 0) is 0 Å². The van der Waals surface area contributed by atoms with Crippen LogP contribution in [0.4, 0.5) is 8.78 Å². The van der Waals surface area contributed by atoms with Crippen molar-refractivity contribution in [3.05, 3.63) is 0 Å². The number of hydrogen-bond donors (Lipinski definition) is 1. The first-order valence-electron chi connectivity index (χ1n) is 5.24. The van der Waals surface area contributed by atoms with E-state index in [9.17, 15) is 8.78 Å². The fourth-order valence-corrected chi connectivity index (χ4v) is 1.80. The monoisotopic (exact) mass is 206 g/mol. The lowest BCUT2D eigenvalue weighted by molar-refractivity contribution is -0.0597. The minimum Gasteiger partial charge on any atom is -0.315 e. The summed E-state index contributed by atoms with van der Waals surface area (Å²) in [5.41, 5.74) is 0. The Bertz CT molecular complexity index is 179. The van der Waals surface area contributed by atoms with Crippen molar-refractivity contribution in [2.75, 3.05) is 26.2 Å². The van der Waals surface area contributed by atoms with E-state index in [-0.39, 0.29) is 0 Å². The lowest BCUT2D eigenvalue weighted by atomic mass is 10.1. The predicted octanol–water partition coefficient (Wildman–Crippen LogP) is 1.57. The summed E-state index contributed by atoms with van der Waals surface area (Å²) in [5.74, 6) is -2.16. The molecule has 0 aromatic heterocycles.